The van der Waals surface area contributed by atoms with Crippen molar-refractivity contribution in [3.8, 4) is 0 Å². The van der Waals surface area contributed by atoms with Gasteiger partial charge in [0.25, 0.3) is 10.0 Å². The van der Waals surface area contributed by atoms with Crippen molar-refractivity contribution in [3.63, 3.8) is 0 Å². The van der Waals surface area contributed by atoms with Gasteiger partial charge in [0.15, 0.2) is 0 Å². The third-order valence-corrected chi connectivity index (χ3v) is 4.30. The number of hydrogen-bond donors (Lipinski definition) is 2. The van der Waals surface area contributed by atoms with Crippen LogP contribution in [0.4, 0.5) is 5.69 Å². The lowest BCUT2D eigenvalue weighted by Crippen LogP contribution is -2.14. The monoisotopic (exact) mass is 326 g/mol. The number of carboxylic acid groups (broad SMARTS) is 1. The van der Waals surface area contributed by atoms with Gasteiger partial charge in [-0.05, 0) is 42.8 Å². The Morgan fingerprint density at radius 2 is 2.00 bits per heavy atom. The zero-order chi connectivity index (χ0) is 15.6. The third kappa shape index (κ3) is 3.50. The molecule has 2 rings (SSSR count). The second kappa shape index (κ2) is 5.71. The molecule has 0 aliphatic carbocycles. The SMILES string of the molecule is Cc1cc(C(=O)O)ccc1NS(=O)(=O)c1ccc(Cl)nc1. The Hall–Kier alpha value is -2.12. The van der Waals surface area contributed by atoms with E-state index in [4.69, 9.17) is 16.7 Å². The number of halogens is 1. The van der Waals surface area contributed by atoms with Gasteiger partial charge in [-0.2, -0.15) is 0 Å². The molecule has 0 atom stereocenters. The van der Waals surface area contributed by atoms with Gasteiger partial charge in [0.05, 0.1) is 11.3 Å². The smallest absolute Gasteiger partial charge is 0.335 e. The topological polar surface area (TPSA) is 96.4 Å². The van der Waals surface area contributed by atoms with Crippen LogP contribution in [0.1, 0.15) is 15.9 Å². The van der Waals surface area contributed by atoms with Crippen molar-refractivity contribution < 1.29 is 18.3 Å². The number of carboxylic acids is 1. The number of nitrogens with zero attached hydrogens (tertiary/aromatic N) is 1. The average Bonchev–Trinajstić information content (AvgIpc) is 2.41. The first-order valence-corrected chi connectivity index (χ1v) is 7.64. The van der Waals surface area contributed by atoms with E-state index in [0.29, 0.717) is 11.3 Å². The molecular formula is C13H11ClN2O4S. The fourth-order valence-electron chi connectivity index (χ4n) is 1.64. The highest BCUT2D eigenvalue weighted by Gasteiger charge is 2.16. The van der Waals surface area contributed by atoms with E-state index < -0.39 is 16.0 Å². The summed E-state index contributed by atoms with van der Waals surface area (Å²) in [6, 6.07) is 6.82. The Labute approximate surface area is 126 Å². The van der Waals surface area contributed by atoms with Crippen LogP contribution in [0.5, 0.6) is 0 Å². The number of benzene rings is 1. The average molecular weight is 327 g/mol. The molecule has 1 heterocycles. The summed E-state index contributed by atoms with van der Waals surface area (Å²) in [4.78, 5) is 14.5. The molecule has 0 spiro atoms. The first-order valence-electron chi connectivity index (χ1n) is 5.78. The zero-order valence-corrected chi connectivity index (χ0v) is 12.4. The van der Waals surface area contributed by atoms with Crippen LogP contribution in [0.3, 0.4) is 0 Å². The standard InChI is InChI=1S/C13H11ClN2O4S/c1-8-6-9(13(17)18)2-4-11(8)16-21(19,20)10-3-5-12(14)15-7-10/h2-7,16H,1H3,(H,17,18). The highest BCUT2D eigenvalue weighted by atomic mass is 35.5. The van der Waals surface area contributed by atoms with E-state index in [2.05, 4.69) is 9.71 Å². The van der Waals surface area contributed by atoms with Gasteiger partial charge in [0.1, 0.15) is 10.0 Å². The Morgan fingerprint density at radius 1 is 1.29 bits per heavy atom. The van der Waals surface area contributed by atoms with Crippen molar-refractivity contribution in [1.82, 2.24) is 4.98 Å². The van der Waals surface area contributed by atoms with Crippen molar-refractivity contribution >= 4 is 33.3 Å². The number of nitrogens with one attached hydrogen (secondary N) is 1. The number of aromatic nitrogens is 1. The molecule has 0 amide bonds. The van der Waals surface area contributed by atoms with Crippen molar-refractivity contribution in [2.24, 2.45) is 0 Å². The lowest BCUT2D eigenvalue weighted by Gasteiger charge is -2.11. The van der Waals surface area contributed by atoms with E-state index in [9.17, 15) is 13.2 Å². The quantitative estimate of drug-likeness (QED) is 0.842. The highest BCUT2D eigenvalue weighted by molar-refractivity contribution is 7.92. The van der Waals surface area contributed by atoms with Crippen LogP contribution in [0.2, 0.25) is 5.15 Å². The predicted octanol–water partition coefficient (Wildman–Crippen LogP) is 2.54. The fraction of sp³-hybridized carbons (Fsp3) is 0.0769. The molecule has 110 valence electrons. The number of sulfonamides is 1. The second-order valence-electron chi connectivity index (χ2n) is 4.26. The molecule has 0 aliphatic heterocycles. The molecule has 0 unspecified atom stereocenters. The highest BCUT2D eigenvalue weighted by Crippen LogP contribution is 2.21. The number of aryl methyl sites for hydroxylation is 1. The third-order valence-electron chi connectivity index (χ3n) is 2.73. The van der Waals surface area contributed by atoms with Crippen molar-refractivity contribution in [3.05, 3.63) is 52.8 Å². The first-order chi connectivity index (χ1) is 9.79. The molecule has 0 bridgehead atoms. The van der Waals surface area contributed by atoms with E-state index in [1.54, 1.807) is 6.92 Å². The maximum Gasteiger partial charge on any atom is 0.335 e. The molecule has 1 aromatic heterocycles. The van der Waals surface area contributed by atoms with Crippen LogP contribution < -0.4 is 4.72 Å². The van der Waals surface area contributed by atoms with Gasteiger partial charge in [-0.3, -0.25) is 4.72 Å². The van der Waals surface area contributed by atoms with Gasteiger partial charge in [-0.15, -0.1) is 0 Å². The normalized spacial score (nSPS) is 11.1. The molecule has 2 N–H and O–H groups in total. The van der Waals surface area contributed by atoms with Crippen LogP contribution in [0.25, 0.3) is 0 Å². The molecule has 0 aliphatic rings. The van der Waals surface area contributed by atoms with E-state index >= 15 is 0 Å². The van der Waals surface area contributed by atoms with Gasteiger partial charge in [0, 0.05) is 6.20 Å². The van der Waals surface area contributed by atoms with Gasteiger partial charge >= 0.3 is 5.97 Å². The minimum atomic E-state index is -3.80. The first kappa shape index (κ1) is 15.3. The summed E-state index contributed by atoms with van der Waals surface area (Å²) in [6.07, 6.45) is 1.14. The molecule has 0 saturated carbocycles. The Morgan fingerprint density at radius 3 is 2.52 bits per heavy atom. The zero-order valence-electron chi connectivity index (χ0n) is 10.9. The molecule has 0 radical (unpaired) electrons. The number of carbonyl (C=O) groups is 1. The number of hydrogen-bond acceptors (Lipinski definition) is 4. The summed E-state index contributed by atoms with van der Waals surface area (Å²) in [5, 5.41) is 9.07. The molecule has 0 fully saturated rings. The van der Waals surface area contributed by atoms with E-state index in [1.807, 2.05) is 0 Å². The molecular weight excluding hydrogens is 316 g/mol. The summed E-state index contributed by atoms with van der Waals surface area (Å²) in [6.45, 7) is 1.62. The Bertz CT molecular complexity index is 788. The Kier molecular flexibility index (Phi) is 4.15. The summed E-state index contributed by atoms with van der Waals surface area (Å²) in [7, 11) is -3.80. The lowest BCUT2D eigenvalue weighted by atomic mass is 10.1. The minimum absolute atomic E-state index is 0.0337. The fourth-order valence-corrected chi connectivity index (χ4v) is 2.82. The minimum Gasteiger partial charge on any atom is -0.478 e. The molecule has 8 heteroatoms. The number of rotatable bonds is 4. The van der Waals surface area contributed by atoms with Crippen LogP contribution in [-0.4, -0.2) is 24.5 Å². The van der Waals surface area contributed by atoms with Crippen LogP contribution in [0, 0.1) is 6.92 Å². The van der Waals surface area contributed by atoms with Gasteiger partial charge in [-0.25, -0.2) is 18.2 Å². The number of anilines is 1. The number of aromatic carboxylic acids is 1. The van der Waals surface area contributed by atoms with Gasteiger partial charge < -0.3 is 5.11 Å². The molecule has 6 nitrogen and oxygen atoms in total. The molecule has 21 heavy (non-hydrogen) atoms. The summed E-state index contributed by atoms with van der Waals surface area (Å²) < 4.78 is 26.7. The van der Waals surface area contributed by atoms with Gasteiger partial charge in [-0.1, -0.05) is 11.6 Å². The molecule has 2 aromatic rings. The molecule has 0 saturated heterocycles. The number of pyridine rings is 1. The maximum absolute atomic E-state index is 12.2. The van der Waals surface area contributed by atoms with Crippen molar-refractivity contribution in [2.75, 3.05) is 4.72 Å². The van der Waals surface area contributed by atoms with Crippen molar-refractivity contribution in [1.29, 1.82) is 0 Å². The van der Waals surface area contributed by atoms with E-state index in [-0.39, 0.29) is 15.6 Å². The summed E-state index contributed by atoms with van der Waals surface area (Å²) >= 11 is 5.61. The van der Waals surface area contributed by atoms with Crippen molar-refractivity contribution in [2.45, 2.75) is 11.8 Å². The Balaban J connectivity index is 2.32. The van der Waals surface area contributed by atoms with E-state index in [0.717, 1.165) is 6.20 Å². The summed E-state index contributed by atoms with van der Waals surface area (Å²) in [5.41, 5.74) is 0.888. The van der Waals surface area contributed by atoms with Crippen LogP contribution in [-0.2, 0) is 10.0 Å². The van der Waals surface area contributed by atoms with Crippen LogP contribution in [0.15, 0.2) is 41.4 Å². The largest absolute Gasteiger partial charge is 0.478 e. The van der Waals surface area contributed by atoms with Crippen LogP contribution >= 0.6 is 11.6 Å². The molecule has 1 aromatic carbocycles. The predicted molar refractivity (Wildman–Crippen MR) is 78.2 cm³/mol. The maximum atomic E-state index is 12.2. The lowest BCUT2D eigenvalue weighted by molar-refractivity contribution is 0.0697. The van der Waals surface area contributed by atoms with Gasteiger partial charge in [0.2, 0.25) is 0 Å². The van der Waals surface area contributed by atoms with E-state index in [1.165, 1.54) is 30.3 Å². The summed E-state index contributed by atoms with van der Waals surface area (Å²) in [5.74, 6) is -1.07. The second-order valence-corrected chi connectivity index (χ2v) is 6.33.